The van der Waals surface area contributed by atoms with Gasteiger partial charge >= 0.3 is 6.09 Å². The van der Waals surface area contributed by atoms with Crippen molar-refractivity contribution in [3.8, 4) is 0 Å². The molecule has 0 aliphatic rings. The van der Waals surface area contributed by atoms with Crippen LogP contribution in [0, 0.1) is 0 Å². The van der Waals surface area contributed by atoms with Gasteiger partial charge in [0.05, 0.1) is 18.2 Å². The van der Waals surface area contributed by atoms with Crippen LogP contribution in [0.2, 0.25) is 0 Å². The number of carbonyl (C=O) groups is 1. The van der Waals surface area contributed by atoms with Gasteiger partial charge in [0.25, 0.3) is 0 Å². The van der Waals surface area contributed by atoms with E-state index in [-0.39, 0.29) is 18.2 Å². The van der Waals surface area contributed by atoms with E-state index in [0.717, 1.165) is 12.0 Å². The first-order valence-electron chi connectivity index (χ1n) is 7.02. The Bertz CT molecular complexity index is 398. The highest BCUT2D eigenvalue weighted by Crippen LogP contribution is 2.08. The molecule has 1 aromatic rings. The molecule has 20 heavy (non-hydrogen) atoms. The average molecular weight is 279 g/mol. The number of hydrogen-bond acceptors (Lipinski definition) is 3. The van der Waals surface area contributed by atoms with Crippen molar-refractivity contribution in [2.75, 3.05) is 6.61 Å². The highest BCUT2D eigenvalue weighted by atomic mass is 16.5. The second-order valence-electron chi connectivity index (χ2n) is 5.73. The third-order valence-corrected chi connectivity index (χ3v) is 2.75. The van der Waals surface area contributed by atoms with Gasteiger partial charge in [-0.05, 0) is 32.8 Å². The van der Waals surface area contributed by atoms with Gasteiger partial charge in [-0.25, -0.2) is 4.79 Å². The topological polar surface area (TPSA) is 47.6 Å². The molecular formula is C16H25NO3. The van der Waals surface area contributed by atoms with Crippen molar-refractivity contribution in [2.24, 2.45) is 0 Å². The lowest BCUT2D eigenvalue weighted by molar-refractivity contribution is -0.0150. The minimum absolute atomic E-state index is 0.0301. The van der Waals surface area contributed by atoms with Crippen LogP contribution in [0.4, 0.5) is 4.79 Å². The largest absolute Gasteiger partial charge is 0.445 e. The van der Waals surface area contributed by atoms with Gasteiger partial charge in [0.2, 0.25) is 0 Å². The smallest absolute Gasteiger partial charge is 0.407 e. The average Bonchev–Trinajstić information content (AvgIpc) is 2.41. The van der Waals surface area contributed by atoms with E-state index in [1.54, 1.807) is 0 Å². The predicted octanol–water partition coefficient (Wildman–Crippen LogP) is 3.51. The summed E-state index contributed by atoms with van der Waals surface area (Å²) in [6.07, 6.45) is 0.398. The van der Waals surface area contributed by atoms with Crippen LogP contribution >= 0.6 is 0 Å². The van der Waals surface area contributed by atoms with Crippen molar-refractivity contribution in [3.05, 3.63) is 35.9 Å². The number of benzene rings is 1. The number of nitrogens with one attached hydrogen (secondary N) is 1. The molecule has 0 aromatic heterocycles. The normalized spacial score (nSPS) is 12.8. The Morgan fingerprint density at radius 1 is 1.25 bits per heavy atom. The molecule has 0 aliphatic heterocycles. The molecule has 4 heteroatoms. The molecule has 1 N–H and O–H groups in total. The van der Waals surface area contributed by atoms with Crippen molar-refractivity contribution >= 4 is 6.09 Å². The number of ether oxygens (including phenoxy) is 2. The van der Waals surface area contributed by atoms with Crippen molar-refractivity contribution in [1.82, 2.24) is 5.32 Å². The fourth-order valence-electron chi connectivity index (χ4n) is 1.54. The van der Waals surface area contributed by atoms with Gasteiger partial charge in [0.15, 0.2) is 0 Å². The lowest BCUT2D eigenvalue weighted by atomic mass is 10.2. The zero-order valence-corrected chi connectivity index (χ0v) is 12.8. The molecule has 0 fully saturated rings. The van der Waals surface area contributed by atoms with Gasteiger partial charge in [-0.1, -0.05) is 37.3 Å². The maximum Gasteiger partial charge on any atom is 0.407 e. The van der Waals surface area contributed by atoms with E-state index in [4.69, 9.17) is 9.47 Å². The predicted molar refractivity (Wildman–Crippen MR) is 79.5 cm³/mol. The maximum atomic E-state index is 11.7. The van der Waals surface area contributed by atoms with Gasteiger partial charge in [-0.2, -0.15) is 0 Å². The van der Waals surface area contributed by atoms with E-state index in [9.17, 15) is 4.79 Å². The molecule has 4 nitrogen and oxygen atoms in total. The third kappa shape index (κ3) is 7.14. The van der Waals surface area contributed by atoms with Crippen molar-refractivity contribution in [3.63, 3.8) is 0 Å². The van der Waals surface area contributed by atoms with Gasteiger partial charge in [0.1, 0.15) is 6.61 Å². The standard InChI is InChI=1S/C16H25NO3/c1-5-14(12-20-16(2,3)4)17-15(18)19-11-13-9-7-6-8-10-13/h6-10,14H,5,11-12H2,1-4H3,(H,17,18)/t14-/m0/s1. The second kappa shape index (κ2) is 7.90. The first kappa shape index (κ1) is 16.5. The summed E-state index contributed by atoms with van der Waals surface area (Å²) in [6.45, 7) is 8.76. The Hall–Kier alpha value is -1.55. The highest BCUT2D eigenvalue weighted by molar-refractivity contribution is 5.67. The van der Waals surface area contributed by atoms with Gasteiger partial charge in [-0.15, -0.1) is 0 Å². The minimum atomic E-state index is -0.404. The van der Waals surface area contributed by atoms with Crippen LogP contribution in [0.5, 0.6) is 0 Å². The quantitative estimate of drug-likeness (QED) is 0.867. The van der Waals surface area contributed by atoms with E-state index in [1.807, 2.05) is 58.0 Å². The fourth-order valence-corrected chi connectivity index (χ4v) is 1.54. The summed E-state index contributed by atoms with van der Waals surface area (Å²) >= 11 is 0. The minimum Gasteiger partial charge on any atom is -0.445 e. The second-order valence-corrected chi connectivity index (χ2v) is 5.73. The summed E-state index contributed by atoms with van der Waals surface area (Å²) in [5.41, 5.74) is 0.768. The van der Waals surface area contributed by atoms with Gasteiger partial charge < -0.3 is 14.8 Å². The van der Waals surface area contributed by atoms with Crippen LogP contribution in [0.25, 0.3) is 0 Å². The molecule has 1 amide bonds. The highest BCUT2D eigenvalue weighted by Gasteiger charge is 2.16. The number of alkyl carbamates (subject to hydrolysis) is 1. The van der Waals surface area contributed by atoms with E-state index in [2.05, 4.69) is 5.32 Å². The Morgan fingerprint density at radius 2 is 1.90 bits per heavy atom. The third-order valence-electron chi connectivity index (χ3n) is 2.75. The monoisotopic (exact) mass is 279 g/mol. The Labute approximate surface area is 121 Å². The van der Waals surface area contributed by atoms with Crippen molar-refractivity contribution in [1.29, 1.82) is 0 Å². The van der Waals surface area contributed by atoms with Gasteiger partial charge in [0, 0.05) is 0 Å². The molecular weight excluding hydrogens is 254 g/mol. The summed E-state index contributed by atoms with van der Waals surface area (Å²) in [7, 11) is 0. The zero-order valence-electron chi connectivity index (χ0n) is 12.8. The summed E-state index contributed by atoms with van der Waals surface area (Å²) in [5, 5.41) is 2.82. The zero-order chi connectivity index (χ0) is 15.0. The summed E-state index contributed by atoms with van der Waals surface area (Å²) in [5.74, 6) is 0. The Kier molecular flexibility index (Phi) is 6.52. The van der Waals surface area contributed by atoms with Crippen LogP contribution < -0.4 is 5.32 Å². The van der Waals surface area contributed by atoms with Crippen LogP contribution in [0.15, 0.2) is 30.3 Å². The molecule has 1 atom stereocenters. The lowest BCUT2D eigenvalue weighted by Crippen LogP contribution is -2.40. The number of amides is 1. The molecule has 1 aromatic carbocycles. The van der Waals surface area contributed by atoms with Crippen LogP contribution in [-0.2, 0) is 16.1 Å². The summed E-state index contributed by atoms with van der Waals surface area (Å²) < 4.78 is 10.9. The molecule has 0 saturated heterocycles. The van der Waals surface area contributed by atoms with Crippen molar-refractivity contribution in [2.45, 2.75) is 52.4 Å². The number of rotatable bonds is 6. The Balaban J connectivity index is 2.32. The number of carbonyl (C=O) groups excluding carboxylic acids is 1. The van der Waals surface area contributed by atoms with Crippen LogP contribution in [0.1, 0.15) is 39.7 Å². The molecule has 0 spiro atoms. The summed E-state index contributed by atoms with van der Waals surface area (Å²) in [4.78, 5) is 11.7. The molecule has 0 radical (unpaired) electrons. The van der Waals surface area contributed by atoms with E-state index >= 15 is 0 Å². The van der Waals surface area contributed by atoms with Crippen LogP contribution in [-0.4, -0.2) is 24.3 Å². The summed E-state index contributed by atoms with van der Waals surface area (Å²) in [6, 6.07) is 9.59. The first-order chi connectivity index (χ1) is 9.40. The molecule has 112 valence electrons. The van der Waals surface area contributed by atoms with E-state index < -0.39 is 6.09 Å². The van der Waals surface area contributed by atoms with E-state index in [0.29, 0.717) is 6.61 Å². The Morgan fingerprint density at radius 3 is 2.45 bits per heavy atom. The van der Waals surface area contributed by atoms with E-state index in [1.165, 1.54) is 0 Å². The van der Waals surface area contributed by atoms with Crippen LogP contribution in [0.3, 0.4) is 0 Å². The SMILES string of the molecule is CC[C@@H](COC(C)(C)C)NC(=O)OCc1ccccc1. The molecule has 0 heterocycles. The number of hydrogen-bond donors (Lipinski definition) is 1. The van der Waals surface area contributed by atoms with Crippen molar-refractivity contribution < 1.29 is 14.3 Å². The fraction of sp³-hybridized carbons (Fsp3) is 0.562. The first-order valence-corrected chi connectivity index (χ1v) is 7.02. The van der Waals surface area contributed by atoms with Gasteiger partial charge in [-0.3, -0.25) is 0 Å². The molecule has 0 unspecified atom stereocenters. The molecule has 0 aliphatic carbocycles. The maximum absolute atomic E-state index is 11.7. The molecule has 0 bridgehead atoms. The lowest BCUT2D eigenvalue weighted by Gasteiger charge is -2.24. The molecule has 1 rings (SSSR count). The molecule has 0 saturated carbocycles.